The highest BCUT2D eigenvalue weighted by Gasteiger charge is 2.36. The fourth-order valence-corrected chi connectivity index (χ4v) is 5.18. The summed E-state index contributed by atoms with van der Waals surface area (Å²) in [6.07, 6.45) is 0.441. The number of sulfonamides is 1. The first-order chi connectivity index (χ1) is 14.4. The minimum absolute atomic E-state index is 0.0113. The predicted octanol–water partition coefficient (Wildman–Crippen LogP) is 0.994. The molecule has 3 heterocycles. The van der Waals surface area contributed by atoms with Crippen molar-refractivity contribution in [3.05, 3.63) is 35.0 Å². The molecule has 1 aromatic heterocycles. The Kier molecular flexibility index (Phi) is 5.67. The minimum Gasteiger partial charge on any atom is -0.465 e. The monoisotopic (exact) mass is 436 g/mol. The number of nitrogens with zero attached hydrogens (tertiary/aromatic N) is 3. The predicted molar refractivity (Wildman–Crippen MR) is 106 cm³/mol. The normalized spacial score (nSPS) is 17.3. The van der Waals surface area contributed by atoms with Crippen LogP contribution in [-0.4, -0.2) is 73.9 Å². The van der Waals surface area contributed by atoms with Crippen LogP contribution in [0.2, 0.25) is 0 Å². The molecule has 0 aliphatic carbocycles. The molecule has 1 aromatic carbocycles. The lowest BCUT2D eigenvalue weighted by Gasteiger charge is -2.33. The smallest absolute Gasteiger partial charge is 0.342 e. The number of aryl methyl sites for hydroxylation is 1. The number of nitrogens with one attached hydrogen (secondary N) is 1. The van der Waals surface area contributed by atoms with Crippen molar-refractivity contribution >= 4 is 16.0 Å². The van der Waals surface area contributed by atoms with Crippen molar-refractivity contribution < 1.29 is 27.4 Å². The second-order valence-corrected chi connectivity index (χ2v) is 8.95. The van der Waals surface area contributed by atoms with Gasteiger partial charge >= 0.3 is 5.97 Å². The van der Waals surface area contributed by atoms with E-state index in [1.807, 2.05) is 25.1 Å². The third-order valence-electron chi connectivity index (χ3n) is 5.31. The first kappa shape index (κ1) is 20.6. The van der Waals surface area contributed by atoms with Gasteiger partial charge in [0, 0.05) is 32.7 Å². The number of fused-ring (bicyclic) bond motifs is 1. The number of benzene rings is 1. The number of hydrogen-bond donors (Lipinski definition) is 1. The molecular weight excluding hydrogens is 412 g/mol. The average Bonchev–Trinajstić information content (AvgIpc) is 3.40. The Morgan fingerprint density at radius 2 is 1.93 bits per heavy atom. The molecular formula is C19H24N4O6S. The van der Waals surface area contributed by atoms with Crippen molar-refractivity contribution in [3.63, 3.8) is 0 Å². The molecule has 0 radical (unpaired) electrons. The lowest BCUT2D eigenvalue weighted by molar-refractivity contribution is 0.0594. The second kappa shape index (κ2) is 8.25. The van der Waals surface area contributed by atoms with Crippen LogP contribution < -0.4 is 9.47 Å². The van der Waals surface area contributed by atoms with E-state index in [-0.39, 0.29) is 17.4 Å². The van der Waals surface area contributed by atoms with E-state index in [0.29, 0.717) is 44.8 Å². The second-order valence-electron chi connectivity index (χ2n) is 7.10. The van der Waals surface area contributed by atoms with Crippen LogP contribution in [0.5, 0.6) is 11.5 Å². The van der Waals surface area contributed by atoms with Crippen molar-refractivity contribution in [2.75, 3.05) is 40.1 Å². The number of esters is 1. The van der Waals surface area contributed by atoms with Crippen LogP contribution in [0, 0.1) is 0 Å². The number of rotatable bonds is 6. The van der Waals surface area contributed by atoms with E-state index in [2.05, 4.69) is 15.1 Å². The molecule has 1 N–H and O–H groups in total. The van der Waals surface area contributed by atoms with Crippen molar-refractivity contribution in [2.24, 2.45) is 0 Å². The lowest BCUT2D eigenvalue weighted by Crippen LogP contribution is -2.48. The number of aromatic amines is 1. The van der Waals surface area contributed by atoms with E-state index in [4.69, 9.17) is 14.2 Å². The Bertz CT molecular complexity index is 1040. The van der Waals surface area contributed by atoms with Gasteiger partial charge in [-0.05, 0) is 24.1 Å². The molecule has 0 unspecified atom stereocenters. The summed E-state index contributed by atoms with van der Waals surface area (Å²) in [4.78, 5) is 14.3. The Balaban J connectivity index is 1.45. The van der Waals surface area contributed by atoms with Crippen LogP contribution in [-0.2, 0) is 27.7 Å². The third kappa shape index (κ3) is 3.75. The average molecular weight is 436 g/mol. The van der Waals surface area contributed by atoms with Crippen molar-refractivity contribution in [3.8, 4) is 11.5 Å². The highest BCUT2D eigenvalue weighted by molar-refractivity contribution is 7.89. The maximum atomic E-state index is 13.1. The minimum atomic E-state index is -3.91. The van der Waals surface area contributed by atoms with Crippen LogP contribution >= 0.6 is 0 Å². The Labute approximate surface area is 174 Å². The maximum absolute atomic E-state index is 13.1. The number of piperazine rings is 1. The van der Waals surface area contributed by atoms with Crippen LogP contribution in [0.15, 0.2) is 23.2 Å². The van der Waals surface area contributed by atoms with E-state index < -0.39 is 16.0 Å². The molecule has 0 saturated carbocycles. The summed E-state index contributed by atoms with van der Waals surface area (Å²) in [5, 5.41) is 6.32. The number of carbonyl (C=O) groups is 1. The van der Waals surface area contributed by atoms with Gasteiger partial charge in [-0.1, -0.05) is 13.0 Å². The number of H-pyrrole nitrogens is 1. The van der Waals surface area contributed by atoms with Gasteiger partial charge < -0.3 is 14.2 Å². The van der Waals surface area contributed by atoms with Crippen LogP contribution in [0.25, 0.3) is 0 Å². The van der Waals surface area contributed by atoms with E-state index in [9.17, 15) is 13.2 Å². The molecule has 0 amide bonds. The number of ether oxygens (including phenoxy) is 3. The molecule has 162 valence electrons. The third-order valence-corrected chi connectivity index (χ3v) is 7.14. The van der Waals surface area contributed by atoms with Crippen LogP contribution in [0.4, 0.5) is 0 Å². The molecule has 11 heteroatoms. The fourth-order valence-electron chi connectivity index (χ4n) is 3.66. The molecule has 0 atom stereocenters. The lowest BCUT2D eigenvalue weighted by atomic mass is 10.2. The molecule has 2 aliphatic rings. The number of carbonyl (C=O) groups excluding carboxylic acids is 1. The standard InChI is InChI=1S/C19H24N4O6S/c1-3-14-17(19(24)27-2)18(21-20-14)30(25,26)23-8-6-22(7-9-23)11-13-4-5-15-16(10-13)29-12-28-15/h4-5,10H,3,6-9,11-12H2,1-2H3,(H,20,21). The van der Waals surface area contributed by atoms with E-state index in [1.165, 1.54) is 11.4 Å². The molecule has 2 aromatic rings. The first-order valence-electron chi connectivity index (χ1n) is 9.70. The Hall–Kier alpha value is -2.63. The summed E-state index contributed by atoms with van der Waals surface area (Å²) in [6, 6.07) is 5.81. The topological polar surface area (TPSA) is 114 Å². The Morgan fingerprint density at radius 3 is 2.63 bits per heavy atom. The molecule has 2 aliphatic heterocycles. The van der Waals surface area contributed by atoms with Crippen molar-refractivity contribution in [1.29, 1.82) is 0 Å². The molecule has 30 heavy (non-hydrogen) atoms. The van der Waals surface area contributed by atoms with Gasteiger partial charge in [0.05, 0.1) is 12.8 Å². The SMILES string of the molecule is CCc1[nH]nc(S(=O)(=O)N2CCN(Cc3ccc4c(c3)OCO4)CC2)c1C(=O)OC. The van der Waals surface area contributed by atoms with Crippen LogP contribution in [0.1, 0.15) is 28.5 Å². The quantitative estimate of drug-likeness (QED) is 0.667. The van der Waals surface area contributed by atoms with Gasteiger partial charge in [-0.3, -0.25) is 10.00 Å². The summed E-state index contributed by atoms with van der Waals surface area (Å²) in [5.41, 5.74) is 1.51. The molecule has 10 nitrogen and oxygen atoms in total. The van der Waals surface area contributed by atoms with E-state index >= 15 is 0 Å². The van der Waals surface area contributed by atoms with Gasteiger partial charge in [0.25, 0.3) is 10.0 Å². The van der Waals surface area contributed by atoms with Crippen molar-refractivity contribution in [2.45, 2.75) is 24.9 Å². The van der Waals surface area contributed by atoms with Crippen molar-refractivity contribution in [1.82, 2.24) is 19.4 Å². The van der Waals surface area contributed by atoms with Gasteiger partial charge in [0.15, 0.2) is 11.5 Å². The summed E-state index contributed by atoms with van der Waals surface area (Å²) in [7, 11) is -2.69. The summed E-state index contributed by atoms with van der Waals surface area (Å²) in [5.74, 6) is 0.761. The van der Waals surface area contributed by atoms with Gasteiger partial charge in [-0.25, -0.2) is 13.2 Å². The summed E-state index contributed by atoms with van der Waals surface area (Å²) in [6.45, 7) is 4.46. The molecule has 0 spiro atoms. The number of methoxy groups -OCH3 is 1. The largest absolute Gasteiger partial charge is 0.465 e. The summed E-state index contributed by atoms with van der Waals surface area (Å²) < 4.78 is 43.2. The molecule has 4 rings (SSSR count). The summed E-state index contributed by atoms with van der Waals surface area (Å²) >= 11 is 0. The highest BCUT2D eigenvalue weighted by atomic mass is 32.2. The molecule has 0 bridgehead atoms. The van der Waals surface area contributed by atoms with Gasteiger partial charge in [-0.15, -0.1) is 0 Å². The maximum Gasteiger partial charge on any atom is 0.342 e. The molecule has 1 fully saturated rings. The molecule has 1 saturated heterocycles. The highest BCUT2D eigenvalue weighted by Crippen LogP contribution is 2.33. The Morgan fingerprint density at radius 1 is 1.20 bits per heavy atom. The van der Waals surface area contributed by atoms with Gasteiger partial charge in [0.1, 0.15) is 5.56 Å². The zero-order valence-corrected chi connectivity index (χ0v) is 17.7. The number of hydrogen-bond acceptors (Lipinski definition) is 8. The van der Waals surface area contributed by atoms with E-state index in [0.717, 1.165) is 17.1 Å². The zero-order chi connectivity index (χ0) is 21.3. The van der Waals surface area contributed by atoms with E-state index in [1.54, 1.807) is 0 Å². The van der Waals surface area contributed by atoms with Gasteiger partial charge in [-0.2, -0.15) is 9.40 Å². The fraction of sp³-hybridized carbons (Fsp3) is 0.474. The van der Waals surface area contributed by atoms with Crippen LogP contribution in [0.3, 0.4) is 0 Å². The zero-order valence-electron chi connectivity index (χ0n) is 16.9. The number of aromatic nitrogens is 2. The first-order valence-corrected chi connectivity index (χ1v) is 11.1. The van der Waals surface area contributed by atoms with Gasteiger partial charge in [0.2, 0.25) is 11.8 Å².